The molecule has 0 radical (unpaired) electrons. The van der Waals surface area contributed by atoms with Crippen molar-refractivity contribution in [1.29, 1.82) is 0 Å². The smallest absolute Gasteiger partial charge is 0.123 e. The van der Waals surface area contributed by atoms with E-state index in [0.29, 0.717) is 6.04 Å². The molecule has 0 aliphatic heterocycles. The van der Waals surface area contributed by atoms with Gasteiger partial charge in [-0.2, -0.15) is 0 Å². The van der Waals surface area contributed by atoms with E-state index in [1.54, 1.807) is 7.11 Å². The van der Waals surface area contributed by atoms with Gasteiger partial charge in [0, 0.05) is 11.6 Å². The number of benzene rings is 1. The van der Waals surface area contributed by atoms with Gasteiger partial charge in [0.2, 0.25) is 0 Å². The Kier molecular flexibility index (Phi) is 5.26. The van der Waals surface area contributed by atoms with E-state index in [4.69, 9.17) is 4.74 Å². The molecule has 0 heterocycles. The van der Waals surface area contributed by atoms with Crippen molar-refractivity contribution in [2.45, 2.75) is 52.0 Å². The highest BCUT2D eigenvalue weighted by Gasteiger charge is 2.16. The molecule has 1 atom stereocenters. The molecule has 0 aromatic heterocycles. The summed E-state index contributed by atoms with van der Waals surface area (Å²) in [5, 5.41) is 3.64. The van der Waals surface area contributed by atoms with Gasteiger partial charge < -0.3 is 10.1 Å². The molecule has 1 saturated carbocycles. The van der Waals surface area contributed by atoms with Crippen LogP contribution in [0.25, 0.3) is 0 Å². The van der Waals surface area contributed by atoms with Crippen LogP contribution in [0.2, 0.25) is 0 Å². The van der Waals surface area contributed by atoms with Crippen molar-refractivity contribution in [1.82, 2.24) is 5.32 Å². The number of hydrogen-bond donors (Lipinski definition) is 1. The number of nitrogens with one attached hydrogen (secondary N) is 1. The minimum atomic E-state index is 0.358. The second kappa shape index (κ2) is 6.95. The van der Waals surface area contributed by atoms with E-state index in [1.165, 1.54) is 43.2 Å². The molecule has 1 unspecified atom stereocenters. The van der Waals surface area contributed by atoms with Gasteiger partial charge >= 0.3 is 0 Å². The predicted octanol–water partition coefficient (Wildman–Crippen LogP) is 4.23. The summed E-state index contributed by atoms with van der Waals surface area (Å²) in [4.78, 5) is 0. The quantitative estimate of drug-likeness (QED) is 0.827. The van der Waals surface area contributed by atoms with E-state index >= 15 is 0 Å². The van der Waals surface area contributed by atoms with Gasteiger partial charge in [-0.05, 0) is 44.4 Å². The molecule has 1 N–H and O–H groups in total. The third-order valence-corrected chi connectivity index (χ3v) is 4.33. The van der Waals surface area contributed by atoms with Crippen molar-refractivity contribution < 1.29 is 4.74 Å². The van der Waals surface area contributed by atoms with E-state index in [1.807, 2.05) is 0 Å². The van der Waals surface area contributed by atoms with Crippen molar-refractivity contribution in [3.63, 3.8) is 0 Å². The summed E-state index contributed by atoms with van der Waals surface area (Å²) in [6.45, 7) is 5.44. The molecule has 0 spiro atoms. The van der Waals surface area contributed by atoms with Crippen LogP contribution in [0.15, 0.2) is 18.2 Å². The number of hydrogen-bond acceptors (Lipinski definition) is 2. The molecule has 0 bridgehead atoms. The van der Waals surface area contributed by atoms with Crippen LogP contribution >= 0.6 is 0 Å². The standard InChI is InChI=1S/C17H27NO/c1-13-8-9-16(17(12-13)19-3)14(2)18-11-10-15-6-4-5-7-15/h8-9,12,14-15,18H,4-7,10-11H2,1-3H3. The maximum Gasteiger partial charge on any atom is 0.123 e. The van der Waals surface area contributed by atoms with E-state index in [2.05, 4.69) is 37.4 Å². The Balaban J connectivity index is 1.86. The minimum Gasteiger partial charge on any atom is -0.496 e. The summed E-state index contributed by atoms with van der Waals surface area (Å²) in [5.74, 6) is 1.96. The van der Waals surface area contributed by atoms with Crippen molar-refractivity contribution in [2.24, 2.45) is 5.92 Å². The third-order valence-electron chi connectivity index (χ3n) is 4.33. The van der Waals surface area contributed by atoms with Crippen LogP contribution < -0.4 is 10.1 Å². The van der Waals surface area contributed by atoms with Crippen LogP contribution in [-0.4, -0.2) is 13.7 Å². The highest BCUT2D eigenvalue weighted by atomic mass is 16.5. The normalized spacial score (nSPS) is 17.6. The highest BCUT2D eigenvalue weighted by molar-refractivity contribution is 5.38. The van der Waals surface area contributed by atoms with Gasteiger partial charge in [-0.3, -0.25) is 0 Å². The van der Waals surface area contributed by atoms with Gasteiger partial charge in [-0.1, -0.05) is 37.8 Å². The van der Waals surface area contributed by atoms with Crippen LogP contribution in [0.4, 0.5) is 0 Å². The first-order valence-corrected chi connectivity index (χ1v) is 7.58. The van der Waals surface area contributed by atoms with Crippen LogP contribution in [0.5, 0.6) is 5.75 Å². The molecule has 1 fully saturated rings. The zero-order valence-corrected chi connectivity index (χ0v) is 12.5. The molecule has 2 rings (SSSR count). The summed E-state index contributed by atoms with van der Waals surface area (Å²) in [5.41, 5.74) is 2.51. The number of rotatable bonds is 6. The van der Waals surface area contributed by atoms with E-state index in [0.717, 1.165) is 18.2 Å². The Morgan fingerprint density at radius 3 is 2.74 bits per heavy atom. The van der Waals surface area contributed by atoms with E-state index < -0.39 is 0 Å². The summed E-state index contributed by atoms with van der Waals surface area (Å²) in [6, 6.07) is 6.82. The molecule has 1 aromatic carbocycles. The van der Waals surface area contributed by atoms with Gasteiger partial charge in [0.05, 0.1) is 7.11 Å². The van der Waals surface area contributed by atoms with Gasteiger partial charge in [-0.15, -0.1) is 0 Å². The fraction of sp³-hybridized carbons (Fsp3) is 0.647. The molecule has 1 aromatic rings. The minimum absolute atomic E-state index is 0.358. The molecule has 0 saturated heterocycles. The van der Waals surface area contributed by atoms with Gasteiger partial charge in [0.25, 0.3) is 0 Å². The van der Waals surface area contributed by atoms with Crippen LogP contribution in [-0.2, 0) is 0 Å². The predicted molar refractivity (Wildman–Crippen MR) is 80.7 cm³/mol. The van der Waals surface area contributed by atoms with Gasteiger partial charge in [-0.25, -0.2) is 0 Å². The molecule has 19 heavy (non-hydrogen) atoms. The largest absolute Gasteiger partial charge is 0.496 e. The fourth-order valence-electron chi connectivity index (χ4n) is 3.09. The second-order valence-electron chi connectivity index (χ2n) is 5.86. The second-order valence-corrected chi connectivity index (χ2v) is 5.86. The first kappa shape index (κ1) is 14.4. The molecule has 0 amide bonds. The molecular weight excluding hydrogens is 234 g/mol. The molecule has 2 nitrogen and oxygen atoms in total. The fourth-order valence-corrected chi connectivity index (χ4v) is 3.09. The van der Waals surface area contributed by atoms with E-state index in [-0.39, 0.29) is 0 Å². The maximum atomic E-state index is 5.49. The number of ether oxygens (including phenoxy) is 1. The first-order valence-electron chi connectivity index (χ1n) is 7.58. The maximum absolute atomic E-state index is 5.49. The summed E-state index contributed by atoms with van der Waals surface area (Å²) < 4.78 is 5.49. The average Bonchev–Trinajstić information content (AvgIpc) is 2.91. The topological polar surface area (TPSA) is 21.3 Å². The molecule has 1 aliphatic carbocycles. The zero-order chi connectivity index (χ0) is 13.7. The molecule has 2 heteroatoms. The Bertz CT molecular complexity index is 396. The lowest BCUT2D eigenvalue weighted by molar-refractivity contribution is 0.397. The molecule has 1 aliphatic rings. The molecule has 106 valence electrons. The van der Waals surface area contributed by atoms with Crippen LogP contribution in [0.3, 0.4) is 0 Å². The average molecular weight is 261 g/mol. The van der Waals surface area contributed by atoms with Crippen molar-refractivity contribution >= 4 is 0 Å². The summed E-state index contributed by atoms with van der Waals surface area (Å²) in [6.07, 6.45) is 7.06. The Hall–Kier alpha value is -1.02. The van der Waals surface area contributed by atoms with Crippen molar-refractivity contribution in [3.05, 3.63) is 29.3 Å². The van der Waals surface area contributed by atoms with Crippen LogP contribution in [0, 0.1) is 12.8 Å². The lowest BCUT2D eigenvalue weighted by Crippen LogP contribution is -2.22. The zero-order valence-electron chi connectivity index (χ0n) is 12.5. The van der Waals surface area contributed by atoms with Gasteiger partial charge in [0.15, 0.2) is 0 Å². The summed E-state index contributed by atoms with van der Waals surface area (Å²) >= 11 is 0. The van der Waals surface area contributed by atoms with Crippen molar-refractivity contribution in [3.8, 4) is 5.75 Å². The Labute approximate surface area is 117 Å². The first-order chi connectivity index (χ1) is 9.20. The number of methoxy groups -OCH3 is 1. The monoisotopic (exact) mass is 261 g/mol. The summed E-state index contributed by atoms with van der Waals surface area (Å²) in [7, 11) is 1.75. The third kappa shape index (κ3) is 3.97. The van der Waals surface area contributed by atoms with Crippen molar-refractivity contribution in [2.75, 3.05) is 13.7 Å². The Morgan fingerprint density at radius 2 is 2.05 bits per heavy atom. The number of aryl methyl sites for hydroxylation is 1. The highest BCUT2D eigenvalue weighted by Crippen LogP contribution is 2.28. The SMILES string of the molecule is COc1cc(C)ccc1C(C)NCCC1CCCC1. The molecular formula is C17H27NO. The van der Waals surface area contributed by atoms with E-state index in [9.17, 15) is 0 Å². The Morgan fingerprint density at radius 1 is 1.32 bits per heavy atom. The lowest BCUT2D eigenvalue weighted by Gasteiger charge is -2.19. The van der Waals surface area contributed by atoms with Gasteiger partial charge in [0.1, 0.15) is 5.75 Å². The van der Waals surface area contributed by atoms with Crippen LogP contribution in [0.1, 0.15) is 56.2 Å². The lowest BCUT2D eigenvalue weighted by atomic mass is 10.0.